The average Bonchev–Trinajstić information content (AvgIpc) is 2.63. The van der Waals surface area contributed by atoms with Gasteiger partial charge in [0.15, 0.2) is 0 Å². The molecule has 2 N–H and O–H groups in total. The molecule has 0 spiro atoms. The molecule has 0 fully saturated rings. The number of rotatable bonds is 7. The highest BCUT2D eigenvalue weighted by atomic mass is 16.4. The van der Waals surface area contributed by atoms with Gasteiger partial charge in [-0.2, -0.15) is 5.10 Å². The van der Waals surface area contributed by atoms with Crippen LogP contribution >= 0.6 is 0 Å². The van der Waals surface area contributed by atoms with E-state index in [2.05, 4.69) is 5.10 Å². The lowest BCUT2D eigenvalue weighted by molar-refractivity contribution is -0.142. The number of hydrogen-bond donors (Lipinski definition) is 2. The fourth-order valence-electron chi connectivity index (χ4n) is 1.55. The van der Waals surface area contributed by atoms with Crippen LogP contribution in [-0.4, -0.2) is 49.9 Å². The molecule has 100 valence electrons. The van der Waals surface area contributed by atoms with Gasteiger partial charge in [0.2, 0.25) is 0 Å². The molecule has 0 aromatic carbocycles. The Morgan fingerprint density at radius 2 is 1.89 bits per heavy atom. The first-order valence-corrected chi connectivity index (χ1v) is 5.57. The van der Waals surface area contributed by atoms with Crippen LogP contribution in [0.2, 0.25) is 0 Å². The van der Waals surface area contributed by atoms with E-state index in [1.807, 2.05) is 13.8 Å². The predicted octanol–water partition coefficient (Wildman–Crippen LogP) is 0.435. The summed E-state index contributed by atoms with van der Waals surface area (Å²) in [5.74, 6) is -2.10. The first-order valence-electron chi connectivity index (χ1n) is 5.57. The van der Waals surface area contributed by atoms with E-state index in [1.165, 1.54) is 4.90 Å². The topological polar surface area (TPSA) is 95.7 Å². The van der Waals surface area contributed by atoms with Crippen molar-refractivity contribution in [3.63, 3.8) is 0 Å². The van der Waals surface area contributed by atoms with Crippen molar-refractivity contribution in [2.24, 2.45) is 0 Å². The van der Waals surface area contributed by atoms with E-state index >= 15 is 0 Å². The van der Waals surface area contributed by atoms with E-state index in [0.717, 1.165) is 5.56 Å². The summed E-state index contributed by atoms with van der Waals surface area (Å²) in [4.78, 5) is 22.6. The van der Waals surface area contributed by atoms with Crippen molar-refractivity contribution in [3.8, 4) is 0 Å². The van der Waals surface area contributed by atoms with Crippen molar-refractivity contribution in [2.45, 2.75) is 26.4 Å². The zero-order valence-corrected chi connectivity index (χ0v) is 10.4. The van der Waals surface area contributed by atoms with Crippen molar-refractivity contribution in [2.75, 3.05) is 13.1 Å². The Balaban J connectivity index is 2.68. The Labute approximate surface area is 105 Å². The van der Waals surface area contributed by atoms with Crippen LogP contribution < -0.4 is 0 Å². The van der Waals surface area contributed by atoms with Crippen LogP contribution in [0.3, 0.4) is 0 Å². The molecule has 0 aliphatic carbocycles. The van der Waals surface area contributed by atoms with Crippen molar-refractivity contribution in [1.29, 1.82) is 0 Å². The summed E-state index contributed by atoms with van der Waals surface area (Å²) in [6, 6.07) is 0.214. The van der Waals surface area contributed by atoms with Gasteiger partial charge in [-0.15, -0.1) is 0 Å². The molecule has 1 rings (SSSR count). The van der Waals surface area contributed by atoms with Crippen molar-refractivity contribution < 1.29 is 19.8 Å². The summed E-state index contributed by atoms with van der Waals surface area (Å²) < 4.78 is 1.75. The first kappa shape index (κ1) is 14.2. The van der Waals surface area contributed by atoms with Gasteiger partial charge in [-0.3, -0.25) is 19.2 Å². The van der Waals surface area contributed by atoms with Gasteiger partial charge >= 0.3 is 11.9 Å². The lowest BCUT2D eigenvalue weighted by Crippen LogP contribution is -2.33. The van der Waals surface area contributed by atoms with E-state index in [0.29, 0.717) is 0 Å². The van der Waals surface area contributed by atoms with Gasteiger partial charge in [0.1, 0.15) is 0 Å². The summed E-state index contributed by atoms with van der Waals surface area (Å²) in [5, 5.41) is 21.5. The van der Waals surface area contributed by atoms with Crippen LogP contribution in [0.4, 0.5) is 0 Å². The van der Waals surface area contributed by atoms with Crippen LogP contribution in [0.1, 0.15) is 25.5 Å². The summed E-state index contributed by atoms with van der Waals surface area (Å²) in [6.45, 7) is 3.59. The van der Waals surface area contributed by atoms with E-state index < -0.39 is 11.9 Å². The number of hydrogen-bond acceptors (Lipinski definition) is 4. The second kappa shape index (κ2) is 6.15. The van der Waals surface area contributed by atoms with Gasteiger partial charge in [0, 0.05) is 24.3 Å². The largest absolute Gasteiger partial charge is 0.480 e. The second-order valence-electron chi connectivity index (χ2n) is 4.35. The molecular weight excluding hydrogens is 238 g/mol. The minimum Gasteiger partial charge on any atom is -0.480 e. The zero-order chi connectivity index (χ0) is 13.7. The van der Waals surface area contributed by atoms with E-state index in [-0.39, 0.29) is 25.7 Å². The van der Waals surface area contributed by atoms with E-state index in [1.54, 1.807) is 17.1 Å². The van der Waals surface area contributed by atoms with Crippen LogP contribution in [-0.2, 0) is 16.1 Å². The van der Waals surface area contributed by atoms with Gasteiger partial charge in [-0.25, -0.2) is 0 Å². The fraction of sp³-hybridized carbons (Fsp3) is 0.545. The van der Waals surface area contributed by atoms with Crippen molar-refractivity contribution >= 4 is 11.9 Å². The van der Waals surface area contributed by atoms with E-state index in [4.69, 9.17) is 10.2 Å². The molecule has 7 heteroatoms. The van der Waals surface area contributed by atoms with Gasteiger partial charge in [0.25, 0.3) is 0 Å². The lowest BCUT2D eigenvalue weighted by Gasteiger charge is -2.16. The number of nitrogens with zero attached hydrogens (tertiary/aromatic N) is 3. The number of carboxylic acids is 2. The molecule has 0 saturated carbocycles. The molecule has 0 bridgehead atoms. The lowest BCUT2D eigenvalue weighted by atomic mass is 10.3. The average molecular weight is 255 g/mol. The summed E-state index contributed by atoms with van der Waals surface area (Å²) in [5.41, 5.74) is 0.797. The standard InChI is InChI=1S/C11H17N3O4/c1-8(2)14-5-9(3-12-14)4-13(6-10(15)16)7-11(17)18/h3,5,8H,4,6-7H2,1-2H3,(H,15,16)(H,17,18). The highest BCUT2D eigenvalue weighted by Crippen LogP contribution is 2.08. The maximum absolute atomic E-state index is 10.6. The molecule has 0 aliphatic heterocycles. The fourth-order valence-corrected chi connectivity index (χ4v) is 1.55. The number of carbonyl (C=O) groups is 2. The Kier molecular flexibility index (Phi) is 4.85. The minimum atomic E-state index is -1.05. The van der Waals surface area contributed by atoms with Crippen LogP contribution in [0.5, 0.6) is 0 Å². The second-order valence-corrected chi connectivity index (χ2v) is 4.35. The minimum absolute atomic E-state index is 0.214. The third-order valence-electron chi connectivity index (χ3n) is 2.31. The normalized spacial score (nSPS) is 11.1. The van der Waals surface area contributed by atoms with Crippen LogP contribution in [0, 0.1) is 0 Å². The molecule has 0 aliphatic rings. The maximum Gasteiger partial charge on any atom is 0.317 e. The molecule has 0 unspecified atom stereocenters. The molecular formula is C11H17N3O4. The highest BCUT2D eigenvalue weighted by Gasteiger charge is 2.15. The third kappa shape index (κ3) is 4.54. The molecule has 1 heterocycles. The van der Waals surface area contributed by atoms with Crippen LogP contribution in [0.25, 0.3) is 0 Å². The number of aliphatic carboxylic acids is 2. The van der Waals surface area contributed by atoms with E-state index in [9.17, 15) is 9.59 Å². The smallest absolute Gasteiger partial charge is 0.317 e. The first-order chi connectivity index (χ1) is 8.38. The number of carboxylic acid groups (broad SMARTS) is 2. The number of aromatic nitrogens is 2. The van der Waals surface area contributed by atoms with Gasteiger partial charge in [0.05, 0.1) is 19.3 Å². The summed E-state index contributed by atoms with van der Waals surface area (Å²) >= 11 is 0. The molecule has 1 aromatic heterocycles. The SMILES string of the molecule is CC(C)n1cc(CN(CC(=O)O)CC(=O)O)cn1. The molecule has 18 heavy (non-hydrogen) atoms. The Morgan fingerprint density at radius 1 is 1.33 bits per heavy atom. The maximum atomic E-state index is 10.6. The summed E-state index contributed by atoms with van der Waals surface area (Å²) in [6.07, 6.45) is 3.41. The molecule has 0 atom stereocenters. The predicted molar refractivity (Wildman–Crippen MR) is 63.2 cm³/mol. The van der Waals surface area contributed by atoms with Gasteiger partial charge < -0.3 is 10.2 Å². The monoisotopic (exact) mass is 255 g/mol. The van der Waals surface area contributed by atoms with Crippen molar-refractivity contribution in [1.82, 2.24) is 14.7 Å². The summed E-state index contributed by atoms with van der Waals surface area (Å²) in [7, 11) is 0. The van der Waals surface area contributed by atoms with Gasteiger partial charge in [-0.1, -0.05) is 0 Å². The Bertz CT molecular complexity index is 412. The molecule has 7 nitrogen and oxygen atoms in total. The zero-order valence-electron chi connectivity index (χ0n) is 10.4. The highest BCUT2D eigenvalue weighted by molar-refractivity contribution is 5.72. The van der Waals surface area contributed by atoms with Crippen molar-refractivity contribution in [3.05, 3.63) is 18.0 Å². The quantitative estimate of drug-likeness (QED) is 0.733. The van der Waals surface area contributed by atoms with Crippen LogP contribution in [0.15, 0.2) is 12.4 Å². The Morgan fingerprint density at radius 3 is 2.28 bits per heavy atom. The third-order valence-corrected chi connectivity index (χ3v) is 2.31. The van der Waals surface area contributed by atoms with Gasteiger partial charge in [-0.05, 0) is 13.8 Å². The molecule has 0 saturated heterocycles. The molecule has 0 radical (unpaired) electrons. The molecule has 0 amide bonds. The Hall–Kier alpha value is -1.89. The molecule has 1 aromatic rings.